The van der Waals surface area contributed by atoms with Gasteiger partial charge in [0, 0.05) is 7.05 Å². The van der Waals surface area contributed by atoms with Crippen molar-refractivity contribution >= 4 is 12.8 Å². The highest BCUT2D eigenvalue weighted by atomic mass is 16.4. The molecule has 98 valence electrons. The summed E-state index contributed by atoms with van der Waals surface area (Å²) in [5.41, 5.74) is -1.00. The number of carbonyl (C=O) groups is 2. The molecule has 0 aliphatic heterocycles. The van der Waals surface area contributed by atoms with Gasteiger partial charge in [0.1, 0.15) is 13.3 Å². The fourth-order valence-corrected chi connectivity index (χ4v) is 1.18. The lowest BCUT2D eigenvalue weighted by Gasteiger charge is -2.07. The Hall–Kier alpha value is -2.65. The van der Waals surface area contributed by atoms with E-state index in [0.717, 1.165) is 4.57 Å². The minimum absolute atomic E-state index is 0.208. The molecule has 0 saturated heterocycles. The average Bonchev–Trinajstić information content (AvgIpc) is 2.37. The molecule has 0 bridgehead atoms. The summed E-state index contributed by atoms with van der Waals surface area (Å²) in [6, 6.07) is 0. The van der Waals surface area contributed by atoms with Crippen LogP contribution in [0.4, 0.5) is 0 Å². The van der Waals surface area contributed by atoms with E-state index in [4.69, 9.17) is 4.42 Å². The van der Waals surface area contributed by atoms with E-state index in [9.17, 15) is 19.2 Å². The van der Waals surface area contributed by atoms with Crippen molar-refractivity contribution in [2.24, 2.45) is 4.99 Å². The third kappa shape index (κ3) is 2.72. The van der Waals surface area contributed by atoms with Gasteiger partial charge in [-0.15, -0.1) is 0 Å². The van der Waals surface area contributed by atoms with Crippen molar-refractivity contribution < 1.29 is 14.0 Å². The van der Waals surface area contributed by atoms with Crippen LogP contribution in [0.1, 0.15) is 0 Å². The minimum Gasteiger partial charge on any atom is -0.375 e. The third-order valence-corrected chi connectivity index (χ3v) is 1.95. The predicted octanol–water partition coefficient (Wildman–Crippen LogP) is -3.46. The number of nitrogens with one attached hydrogen (secondary N) is 2. The summed E-state index contributed by atoms with van der Waals surface area (Å²) in [6.45, 7) is -0.546. The Morgan fingerprint density at radius 3 is 2.22 bits per heavy atom. The molecule has 0 radical (unpaired) electrons. The first kappa shape index (κ1) is 13.4. The summed E-state index contributed by atoms with van der Waals surface area (Å²) in [4.78, 5) is 47.2. The molecule has 1 rings (SSSR count). The predicted molar refractivity (Wildman–Crippen MR) is 57.1 cm³/mol. The van der Waals surface area contributed by atoms with Gasteiger partial charge in [0.15, 0.2) is 0 Å². The average molecular weight is 257 g/mol. The molecule has 10 nitrogen and oxygen atoms in total. The van der Waals surface area contributed by atoms with Crippen molar-refractivity contribution in [1.82, 2.24) is 19.8 Å². The van der Waals surface area contributed by atoms with Gasteiger partial charge in [-0.2, -0.15) is 0 Å². The van der Waals surface area contributed by atoms with Gasteiger partial charge in [-0.3, -0.25) is 9.59 Å². The molecule has 0 saturated carbocycles. The van der Waals surface area contributed by atoms with Crippen LogP contribution >= 0.6 is 0 Å². The molecular weight excluding hydrogens is 246 g/mol. The Kier molecular flexibility index (Phi) is 4.60. The molecule has 2 amide bonds. The van der Waals surface area contributed by atoms with E-state index >= 15 is 0 Å². The van der Waals surface area contributed by atoms with Crippen LogP contribution in [0.25, 0.3) is 0 Å². The molecule has 0 aliphatic carbocycles. The number of amides is 2. The number of nitrogens with zero attached hydrogens (tertiary/aromatic N) is 3. The molecular formula is C8H11N5O5. The van der Waals surface area contributed by atoms with Crippen molar-refractivity contribution in [1.29, 1.82) is 0 Å². The van der Waals surface area contributed by atoms with Crippen molar-refractivity contribution in [3.05, 3.63) is 26.7 Å². The second-order valence-electron chi connectivity index (χ2n) is 2.97. The Morgan fingerprint density at radius 2 is 1.72 bits per heavy atom. The third-order valence-electron chi connectivity index (χ3n) is 1.95. The Labute approximate surface area is 99.6 Å². The van der Waals surface area contributed by atoms with Gasteiger partial charge in [0.05, 0.1) is 0 Å². The molecule has 0 unspecified atom stereocenters. The van der Waals surface area contributed by atoms with E-state index in [0.29, 0.717) is 17.4 Å². The van der Waals surface area contributed by atoms with E-state index in [1.165, 1.54) is 7.05 Å². The molecule has 0 atom stereocenters. The fraction of sp³-hybridized carbons (Fsp3) is 0.375. The summed E-state index contributed by atoms with van der Waals surface area (Å²) in [5.74, 6) is -0.961. The quantitative estimate of drug-likeness (QED) is 0.512. The second kappa shape index (κ2) is 6.18. The summed E-state index contributed by atoms with van der Waals surface area (Å²) in [5, 5.41) is 4.40. The maximum absolute atomic E-state index is 11.9. The van der Waals surface area contributed by atoms with Crippen LogP contribution in [-0.4, -0.2) is 29.0 Å². The molecule has 1 aromatic rings. The van der Waals surface area contributed by atoms with E-state index in [1.807, 2.05) is 0 Å². The van der Waals surface area contributed by atoms with Gasteiger partial charge in [-0.25, -0.2) is 23.7 Å². The first-order valence-electron chi connectivity index (χ1n) is 4.77. The fourth-order valence-electron chi connectivity index (χ4n) is 1.18. The minimum atomic E-state index is -0.961. The van der Waals surface area contributed by atoms with Crippen LogP contribution in [0.3, 0.4) is 0 Å². The number of hydrogen-bond acceptors (Lipinski definition) is 6. The zero-order valence-electron chi connectivity index (χ0n) is 9.45. The summed E-state index contributed by atoms with van der Waals surface area (Å²) >= 11 is 0. The first-order chi connectivity index (χ1) is 8.65. The van der Waals surface area contributed by atoms with Crippen molar-refractivity contribution in [2.45, 2.75) is 13.3 Å². The zero-order valence-corrected chi connectivity index (χ0v) is 9.45. The van der Waals surface area contributed by atoms with Crippen LogP contribution in [0.15, 0.2) is 19.0 Å². The molecule has 1 heterocycles. The number of carbonyl (C=O) groups excluding carboxylic acids is 2. The SMILES string of the molecule is C/N=c1\oc(=O)n(CNC=O)c(=O)n1CNC=O. The van der Waals surface area contributed by atoms with Gasteiger partial charge in [0.2, 0.25) is 12.8 Å². The summed E-state index contributed by atoms with van der Waals surface area (Å²) < 4.78 is 6.34. The van der Waals surface area contributed by atoms with Crippen LogP contribution in [-0.2, 0) is 22.9 Å². The molecule has 0 aromatic carbocycles. The lowest BCUT2D eigenvalue weighted by atomic mass is 10.8. The standard InChI is InChI=1S/C8H11N5O5/c1-9-6-12(2-10-4-14)7(16)13(3-11-5-15)8(17)18-6/h4-5H,2-3H2,1H3,(H,10,14)(H,11,15)/b9-6-. The van der Waals surface area contributed by atoms with Crippen LogP contribution in [0, 0.1) is 0 Å². The Morgan fingerprint density at radius 1 is 1.17 bits per heavy atom. The molecule has 2 N–H and O–H groups in total. The number of hydrogen-bond donors (Lipinski definition) is 2. The van der Waals surface area contributed by atoms with Crippen molar-refractivity contribution in [3.8, 4) is 0 Å². The molecule has 18 heavy (non-hydrogen) atoms. The van der Waals surface area contributed by atoms with Gasteiger partial charge in [0.25, 0.3) is 0 Å². The summed E-state index contributed by atoms with van der Waals surface area (Å²) in [6.07, 6.45) is 0.711. The van der Waals surface area contributed by atoms with Gasteiger partial charge in [-0.1, -0.05) is 0 Å². The lowest BCUT2D eigenvalue weighted by molar-refractivity contribution is -0.110. The van der Waals surface area contributed by atoms with Crippen LogP contribution in [0.2, 0.25) is 0 Å². The first-order valence-corrected chi connectivity index (χ1v) is 4.77. The van der Waals surface area contributed by atoms with Crippen LogP contribution in [0.5, 0.6) is 0 Å². The van der Waals surface area contributed by atoms with Crippen molar-refractivity contribution in [2.75, 3.05) is 7.05 Å². The van der Waals surface area contributed by atoms with Crippen molar-refractivity contribution in [3.63, 3.8) is 0 Å². The highest BCUT2D eigenvalue weighted by molar-refractivity contribution is 5.45. The lowest BCUT2D eigenvalue weighted by Crippen LogP contribution is -2.50. The topological polar surface area (TPSA) is 128 Å². The van der Waals surface area contributed by atoms with Gasteiger partial charge < -0.3 is 15.1 Å². The summed E-state index contributed by atoms with van der Waals surface area (Å²) in [7, 11) is 1.32. The maximum Gasteiger partial charge on any atom is 0.427 e. The molecule has 0 spiro atoms. The highest BCUT2D eigenvalue weighted by Crippen LogP contribution is 1.70. The number of aromatic nitrogens is 2. The van der Waals surface area contributed by atoms with E-state index in [1.54, 1.807) is 0 Å². The van der Waals surface area contributed by atoms with Crippen LogP contribution < -0.4 is 27.8 Å². The maximum atomic E-state index is 11.9. The molecule has 10 heteroatoms. The Bertz CT molecular complexity index is 610. The van der Waals surface area contributed by atoms with E-state index < -0.39 is 11.4 Å². The Balaban J connectivity index is 3.39. The smallest absolute Gasteiger partial charge is 0.375 e. The van der Waals surface area contributed by atoms with Gasteiger partial charge >= 0.3 is 17.1 Å². The van der Waals surface area contributed by atoms with Gasteiger partial charge in [-0.05, 0) is 0 Å². The zero-order chi connectivity index (χ0) is 13.5. The van der Waals surface area contributed by atoms with E-state index in [-0.39, 0.29) is 19.0 Å². The normalized spacial score (nSPS) is 11.1. The molecule has 0 fully saturated rings. The largest absolute Gasteiger partial charge is 0.427 e. The highest BCUT2D eigenvalue weighted by Gasteiger charge is 2.09. The molecule has 0 aliphatic rings. The second-order valence-corrected chi connectivity index (χ2v) is 2.97. The number of rotatable bonds is 6. The monoisotopic (exact) mass is 257 g/mol. The van der Waals surface area contributed by atoms with E-state index in [2.05, 4.69) is 15.6 Å². The molecule has 1 aromatic heterocycles.